The van der Waals surface area contributed by atoms with E-state index in [2.05, 4.69) is 21.2 Å². The van der Waals surface area contributed by atoms with Crippen molar-refractivity contribution in [3.8, 4) is 11.5 Å². The number of anilines is 1. The summed E-state index contributed by atoms with van der Waals surface area (Å²) in [5, 5.41) is 2.84. The highest BCUT2D eigenvalue weighted by Crippen LogP contribution is 2.37. The summed E-state index contributed by atoms with van der Waals surface area (Å²) in [6.07, 6.45) is 0. The molecule has 0 aromatic heterocycles. The third-order valence-electron chi connectivity index (χ3n) is 4.33. The van der Waals surface area contributed by atoms with Crippen LogP contribution >= 0.6 is 15.9 Å². The average Bonchev–Trinajstić information content (AvgIpc) is 2.74. The lowest BCUT2D eigenvalue weighted by Gasteiger charge is -2.21. The third kappa shape index (κ3) is 3.64. The molecule has 4 rings (SSSR count). The van der Waals surface area contributed by atoms with Gasteiger partial charge < -0.3 is 14.8 Å². The van der Waals surface area contributed by atoms with E-state index in [9.17, 15) is 9.59 Å². The van der Waals surface area contributed by atoms with Crippen LogP contribution in [0.1, 0.15) is 26.3 Å². The van der Waals surface area contributed by atoms with Gasteiger partial charge in [-0.1, -0.05) is 46.3 Å². The zero-order chi connectivity index (χ0) is 19.5. The minimum absolute atomic E-state index is 0.229. The van der Waals surface area contributed by atoms with E-state index in [0.29, 0.717) is 51.6 Å². The van der Waals surface area contributed by atoms with E-state index in [1.807, 2.05) is 12.1 Å². The summed E-state index contributed by atoms with van der Waals surface area (Å²) in [5.41, 5.74) is 1.70. The number of benzene rings is 3. The molecule has 3 aromatic rings. The first-order chi connectivity index (χ1) is 13.6. The maximum atomic E-state index is 13.2. The first-order valence-electron chi connectivity index (χ1n) is 8.73. The highest BCUT2D eigenvalue weighted by molar-refractivity contribution is 9.10. The van der Waals surface area contributed by atoms with Crippen molar-refractivity contribution in [3.63, 3.8) is 0 Å². The van der Waals surface area contributed by atoms with Gasteiger partial charge in [0.05, 0.1) is 11.3 Å². The lowest BCUT2D eigenvalue weighted by Crippen LogP contribution is -2.19. The second-order valence-electron chi connectivity index (χ2n) is 6.17. The molecule has 1 aliphatic rings. The Hall–Kier alpha value is -3.12. The molecule has 140 valence electrons. The molecule has 5 nitrogen and oxygen atoms in total. The molecular formula is C22H16BrNO4. The van der Waals surface area contributed by atoms with Crippen LogP contribution in [0.25, 0.3) is 0 Å². The number of carbonyl (C=O) groups is 2. The summed E-state index contributed by atoms with van der Waals surface area (Å²) < 4.78 is 11.9. The van der Waals surface area contributed by atoms with E-state index in [1.165, 1.54) is 0 Å². The van der Waals surface area contributed by atoms with Gasteiger partial charge in [-0.25, -0.2) is 0 Å². The molecule has 0 saturated carbocycles. The summed E-state index contributed by atoms with van der Waals surface area (Å²) in [6, 6.07) is 19.2. The number of amides is 1. The minimum Gasteiger partial charge on any atom is -0.486 e. The summed E-state index contributed by atoms with van der Waals surface area (Å²) in [7, 11) is 0. The van der Waals surface area contributed by atoms with Crippen molar-refractivity contribution in [1.29, 1.82) is 0 Å². The number of fused-ring (bicyclic) bond motifs is 1. The van der Waals surface area contributed by atoms with Crippen LogP contribution in [0, 0.1) is 0 Å². The van der Waals surface area contributed by atoms with Gasteiger partial charge in [0.15, 0.2) is 17.3 Å². The van der Waals surface area contributed by atoms with E-state index >= 15 is 0 Å². The first kappa shape index (κ1) is 18.3. The molecule has 0 bridgehead atoms. The van der Waals surface area contributed by atoms with E-state index in [4.69, 9.17) is 9.47 Å². The lowest BCUT2D eigenvalue weighted by molar-refractivity contribution is 0.102. The number of hydrogen-bond acceptors (Lipinski definition) is 4. The molecule has 0 fully saturated rings. The van der Waals surface area contributed by atoms with Crippen LogP contribution in [0.5, 0.6) is 11.5 Å². The molecule has 0 aliphatic carbocycles. The van der Waals surface area contributed by atoms with Gasteiger partial charge in [-0.2, -0.15) is 0 Å². The fourth-order valence-electron chi connectivity index (χ4n) is 2.95. The van der Waals surface area contributed by atoms with Gasteiger partial charge in [0.2, 0.25) is 0 Å². The van der Waals surface area contributed by atoms with Gasteiger partial charge >= 0.3 is 0 Å². The van der Waals surface area contributed by atoms with Gasteiger partial charge in [0.1, 0.15) is 13.2 Å². The maximum Gasteiger partial charge on any atom is 0.255 e. The van der Waals surface area contributed by atoms with E-state index in [1.54, 1.807) is 54.6 Å². The van der Waals surface area contributed by atoms with Gasteiger partial charge in [0, 0.05) is 21.7 Å². The van der Waals surface area contributed by atoms with Crippen molar-refractivity contribution in [2.45, 2.75) is 0 Å². The van der Waals surface area contributed by atoms with Gasteiger partial charge in [-0.05, 0) is 30.3 Å². The Morgan fingerprint density at radius 1 is 0.821 bits per heavy atom. The number of halogens is 1. The Morgan fingerprint density at radius 2 is 1.46 bits per heavy atom. The second-order valence-corrected chi connectivity index (χ2v) is 7.02. The van der Waals surface area contributed by atoms with Crippen LogP contribution in [-0.2, 0) is 0 Å². The molecule has 0 radical (unpaired) electrons. The summed E-state index contributed by atoms with van der Waals surface area (Å²) in [4.78, 5) is 25.9. The van der Waals surface area contributed by atoms with Crippen molar-refractivity contribution in [1.82, 2.24) is 0 Å². The number of ether oxygens (including phenoxy) is 2. The van der Waals surface area contributed by atoms with E-state index in [-0.39, 0.29) is 11.7 Å². The molecule has 1 N–H and O–H groups in total. The smallest absolute Gasteiger partial charge is 0.255 e. The molecule has 0 atom stereocenters. The fraction of sp³-hybridized carbons (Fsp3) is 0.0909. The number of nitrogens with one attached hydrogen (secondary N) is 1. The molecule has 0 unspecified atom stereocenters. The molecule has 1 amide bonds. The van der Waals surface area contributed by atoms with E-state index < -0.39 is 0 Å². The monoisotopic (exact) mass is 437 g/mol. The number of hydrogen-bond donors (Lipinski definition) is 1. The number of ketones is 1. The Bertz CT molecular complexity index is 1050. The molecular weight excluding hydrogens is 422 g/mol. The topological polar surface area (TPSA) is 64.6 Å². The Labute approximate surface area is 170 Å². The molecule has 3 aromatic carbocycles. The predicted octanol–water partition coefficient (Wildman–Crippen LogP) is 4.70. The highest BCUT2D eigenvalue weighted by Gasteiger charge is 2.23. The van der Waals surface area contributed by atoms with Crippen LogP contribution in [0.3, 0.4) is 0 Å². The lowest BCUT2D eigenvalue weighted by atomic mass is 10.0. The molecule has 6 heteroatoms. The standard InChI is InChI=1S/C22H16BrNO4/c23-17-9-5-4-8-15(17)21(25)16-12-19-20(28-11-10-27-19)13-18(16)24-22(26)14-6-2-1-3-7-14/h1-9,12-13H,10-11H2,(H,24,26). The van der Waals surface area contributed by atoms with Crippen molar-refractivity contribution in [2.75, 3.05) is 18.5 Å². The number of rotatable bonds is 4. The second kappa shape index (κ2) is 7.86. The zero-order valence-electron chi connectivity index (χ0n) is 14.8. The average molecular weight is 438 g/mol. The van der Waals surface area contributed by atoms with Crippen LogP contribution in [0.15, 0.2) is 71.2 Å². The molecule has 0 spiro atoms. The van der Waals surface area contributed by atoms with Crippen molar-refractivity contribution in [3.05, 3.63) is 87.9 Å². The van der Waals surface area contributed by atoms with Crippen LogP contribution < -0.4 is 14.8 Å². The van der Waals surface area contributed by atoms with Crippen molar-refractivity contribution >= 4 is 33.3 Å². The summed E-state index contributed by atoms with van der Waals surface area (Å²) in [5.74, 6) is 0.448. The first-order valence-corrected chi connectivity index (χ1v) is 9.52. The normalized spacial score (nSPS) is 12.3. The largest absolute Gasteiger partial charge is 0.486 e. The molecule has 0 saturated heterocycles. The van der Waals surface area contributed by atoms with Gasteiger partial charge in [-0.3, -0.25) is 9.59 Å². The quantitative estimate of drug-likeness (QED) is 0.600. The summed E-state index contributed by atoms with van der Waals surface area (Å²) in [6.45, 7) is 0.821. The summed E-state index contributed by atoms with van der Waals surface area (Å²) >= 11 is 3.42. The van der Waals surface area contributed by atoms with Crippen LogP contribution in [-0.4, -0.2) is 24.9 Å². The van der Waals surface area contributed by atoms with E-state index in [0.717, 1.165) is 0 Å². The van der Waals surface area contributed by atoms with Crippen molar-refractivity contribution < 1.29 is 19.1 Å². The van der Waals surface area contributed by atoms with Gasteiger partial charge in [0.25, 0.3) is 5.91 Å². The Balaban J connectivity index is 1.77. The molecule has 1 aliphatic heterocycles. The Morgan fingerprint density at radius 3 is 2.18 bits per heavy atom. The number of carbonyl (C=O) groups excluding carboxylic acids is 2. The maximum absolute atomic E-state index is 13.2. The fourth-order valence-corrected chi connectivity index (χ4v) is 3.42. The van der Waals surface area contributed by atoms with Gasteiger partial charge in [-0.15, -0.1) is 0 Å². The zero-order valence-corrected chi connectivity index (χ0v) is 16.4. The predicted molar refractivity (Wildman–Crippen MR) is 109 cm³/mol. The van der Waals surface area contributed by atoms with Crippen LogP contribution in [0.4, 0.5) is 5.69 Å². The molecule has 1 heterocycles. The molecule has 28 heavy (non-hydrogen) atoms. The SMILES string of the molecule is O=C(Nc1cc2c(cc1C(=O)c1ccccc1Br)OCCO2)c1ccccc1. The highest BCUT2D eigenvalue weighted by atomic mass is 79.9. The Kier molecular flexibility index (Phi) is 5.12. The third-order valence-corrected chi connectivity index (χ3v) is 5.02. The minimum atomic E-state index is -0.307. The van der Waals surface area contributed by atoms with Crippen molar-refractivity contribution in [2.24, 2.45) is 0 Å². The van der Waals surface area contributed by atoms with Crippen LogP contribution in [0.2, 0.25) is 0 Å².